The van der Waals surface area contributed by atoms with Crippen molar-refractivity contribution in [3.05, 3.63) is 42.1 Å². The van der Waals surface area contributed by atoms with Crippen molar-refractivity contribution in [3.8, 4) is 0 Å². The van der Waals surface area contributed by atoms with Gasteiger partial charge in [0.25, 0.3) is 5.91 Å². The van der Waals surface area contributed by atoms with Gasteiger partial charge in [-0.15, -0.1) is 0 Å². The van der Waals surface area contributed by atoms with Crippen LogP contribution in [0.15, 0.2) is 36.4 Å². The van der Waals surface area contributed by atoms with Crippen LogP contribution >= 0.6 is 0 Å². The summed E-state index contributed by atoms with van der Waals surface area (Å²) in [6.07, 6.45) is -0.0979. The molecule has 5 nitrogen and oxygen atoms in total. The number of carboxylic acid groups (broad SMARTS) is 1. The number of benzene rings is 1. The number of amides is 1. The van der Waals surface area contributed by atoms with Gasteiger partial charge in [-0.1, -0.05) is 24.3 Å². The van der Waals surface area contributed by atoms with Crippen LogP contribution in [-0.4, -0.2) is 28.5 Å². The molecule has 0 bridgehead atoms. The summed E-state index contributed by atoms with van der Waals surface area (Å²) in [6.45, 7) is 0.0999. The maximum absolute atomic E-state index is 11.7. The standard InChI is InChI=1S/C13H12N2O3/c16-12(17)7-8-14-13(18)11-6-5-9-3-1-2-4-10(9)15-11/h1-6H,7-8H2,(H,14,18)(H,16,17). The molecule has 1 amide bonds. The second-order valence-corrected chi connectivity index (χ2v) is 3.79. The zero-order valence-electron chi connectivity index (χ0n) is 9.59. The molecule has 0 aliphatic heterocycles. The lowest BCUT2D eigenvalue weighted by atomic mass is 10.2. The third-order valence-electron chi connectivity index (χ3n) is 2.46. The Morgan fingerprint density at radius 2 is 1.94 bits per heavy atom. The number of carboxylic acids is 1. The number of hydrogen-bond acceptors (Lipinski definition) is 3. The lowest BCUT2D eigenvalue weighted by Gasteiger charge is -2.04. The Morgan fingerprint density at radius 3 is 2.72 bits per heavy atom. The number of carbonyl (C=O) groups is 2. The van der Waals surface area contributed by atoms with Crippen LogP contribution in [0.25, 0.3) is 10.9 Å². The van der Waals surface area contributed by atoms with Crippen LogP contribution in [0.1, 0.15) is 16.9 Å². The van der Waals surface area contributed by atoms with E-state index in [2.05, 4.69) is 10.3 Å². The van der Waals surface area contributed by atoms with Crippen molar-refractivity contribution in [1.29, 1.82) is 0 Å². The zero-order valence-corrected chi connectivity index (χ0v) is 9.59. The number of aliphatic carboxylic acids is 1. The lowest BCUT2D eigenvalue weighted by molar-refractivity contribution is -0.136. The Balaban J connectivity index is 2.10. The molecule has 5 heteroatoms. The summed E-state index contributed by atoms with van der Waals surface area (Å²) in [5.41, 5.74) is 1.03. The SMILES string of the molecule is O=C(O)CCNC(=O)c1ccc2ccccc2n1. The Bertz CT molecular complexity index is 596. The van der Waals surface area contributed by atoms with Crippen LogP contribution in [0.4, 0.5) is 0 Å². The summed E-state index contributed by atoms with van der Waals surface area (Å²) in [4.78, 5) is 26.2. The summed E-state index contributed by atoms with van der Waals surface area (Å²) >= 11 is 0. The van der Waals surface area contributed by atoms with Crippen LogP contribution in [0.3, 0.4) is 0 Å². The fraction of sp³-hybridized carbons (Fsp3) is 0.154. The summed E-state index contributed by atoms with van der Waals surface area (Å²) in [5.74, 6) is -1.30. The van der Waals surface area contributed by atoms with E-state index in [0.717, 1.165) is 10.9 Å². The highest BCUT2D eigenvalue weighted by Gasteiger charge is 2.08. The maximum Gasteiger partial charge on any atom is 0.305 e. The second-order valence-electron chi connectivity index (χ2n) is 3.79. The van der Waals surface area contributed by atoms with Gasteiger partial charge in [-0.05, 0) is 12.1 Å². The second kappa shape index (κ2) is 5.27. The van der Waals surface area contributed by atoms with Gasteiger partial charge in [0.2, 0.25) is 0 Å². The summed E-state index contributed by atoms with van der Waals surface area (Å²) in [7, 11) is 0. The Labute approximate surface area is 103 Å². The van der Waals surface area contributed by atoms with Gasteiger partial charge < -0.3 is 10.4 Å². The average Bonchev–Trinajstić information content (AvgIpc) is 2.37. The number of hydrogen-bond donors (Lipinski definition) is 2. The minimum Gasteiger partial charge on any atom is -0.481 e. The average molecular weight is 244 g/mol. The topological polar surface area (TPSA) is 79.3 Å². The number of para-hydroxylation sites is 1. The molecule has 0 saturated carbocycles. The maximum atomic E-state index is 11.7. The highest BCUT2D eigenvalue weighted by Crippen LogP contribution is 2.11. The summed E-state index contributed by atoms with van der Waals surface area (Å²) < 4.78 is 0. The number of pyridine rings is 1. The van der Waals surface area contributed by atoms with Crippen molar-refractivity contribution >= 4 is 22.8 Å². The molecular formula is C13H12N2O3. The van der Waals surface area contributed by atoms with Crippen LogP contribution < -0.4 is 5.32 Å². The van der Waals surface area contributed by atoms with E-state index in [4.69, 9.17) is 5.11 Å². The Kier molecular flexibility index (Phi) is 3.52. The molecule has 1 aromatic heterocycles. The van der Waals surface area contributed by atoms with E-state index in [1.807, 2.05) is 30.3 Å². The van der Waals surface area contributed by atoms with Crippen molar-refractivity contribution in [3.63, 3.8) is 0 Å². The molecule has 0 fully saturated rings. The molecule has 2 N–H and O–H groups in total. The Hall–Kier alpha value is -2.43. The van der Waals surface area contributed by atoms with E-state index in [0.29, 0.717) is 5.69 Å². The fourth-order valence-electron chi connectivity index (χ4n) is 1.57. The molecule has 18 heavy (non-hydrogen) atoms. The number of rotatable bonds is 4. The lowest BCUT2D eigenvalue weighted by Crippen LogP contribution is -2.26. The minimum absolute atomic E-state index is 0.0979. The summed E-state index contributed by atoms with van der Waals surface area (Å²) in [6, 6.07) is 10.9. The van der Waals surface area contributed by atoms with Gasteiger partial charge in [0.1, 0.15) is 5.69 Å². The normalized spacial score (nSPS) is 10.2. The van der Waals surface area contributed by atoms with Crippen molar-refractivity contribution in [2.45, 2.75) is 6.42 Å². The van der Waals surface area contributed by atoms with Gasteiger partial charge in [0.15, 0.2) is 0 Å². The van der Waals surface area contributed by atoms with E-state index >= 15 is 0 Å². The van der Waals surface area contributed by atoms with E-state index in [1.165, 1.54) is 0 Å². The van der Waals surface area contributed by atoms with Gasteiger partial charge in [0.05, 0.1) is 11.9 Å². The molecule has 1 heterocycles. The number of carbonyl (C=O) groups excluding carboxylic acids is 1. The first-order valence-electron chi connectivity index (χ1n) is 5.52. The minimum atomic E-state index is -0.943. The Morgan fingerprint density at radius 1 is 1.17 bits per heavy atom. The van der Waals surface area contributed by atoms with Gasteiger partial charge in [0, 0.05) is 11.9 Å². The molecule has 2 rings (SSSR count). The molecule has 1 aromatic carbocycles. The summed E-state index contributed by atoms with van der Waals surface area (Å²) in [5, 5.41) is 11.9. The quantitative estimate of drug-likeness (QED) is 0.852. The molecule has 0 saturated heterocycles. The molecule has 0 unspecified atom stereocenters. The van der Waals surface area contributed by atoms with E-state index in [1.54, 1.807) is 6.07 Å². The highest BCUT2D eigenvalue weighted by atomic mass is 16.4. The van der Waals surface area contributed by atoms with Gasteiger partial charge in [-0.3, -0.25) is 9.59 Å². The number of nitrogens with zero attached hydrogens (tertiary/aromatic N) is 1. The van der Waals surface area contributed by atoms with E-state index < -0.39 is 5.97 Å². The van der Waals surface area contributed by atoms with Crippen LogP contribution in [0, 0.1) is 0 Å². The molecule has 0 spiro atoms. The fourth-order valence-corrected chi connectivity index (χ4v) is 1.57. The number of aromatic nitrogens is 1. The molecule has 2 aromatic rings. The smallest absolute Gasteiger partial charge is 0.305 e. The molecule has 0 aliphatic carbocycles. The van der Waals surface area contributed by atoms with Crippen LogP contribution in [-0.2, 0) is 4.79 Å². The monoisotopic (exact) mass is 244 g/mol. The molecular weight excluding hydrogens is 232 g/mol. The van der Waals surface area contributed by atoms with Gasteiger partial charge in [-0.25, -0.2) is 4.98 Å². The molecule has 92 valence electrons. The van der Waals surface area contributed by atoms with Crippen molar-refractivity contribution in [1.82, 2.24) is 10.3 Å². The zero-order chi connectivity index (χ0) is 13.0. The highest BCUT2D eigenvalue weighted by molar-refractivity contribution is 5.94. The number of nitrogens with one attached hydrogen (secondary N) is 1. The largest absolute Gasteiger partial charge is 0.481 e. The predicted octanol–water partition coefficient (Wildman–Crippen LogP) is 1.44. The van der Waals surface area contributed by atoms with Gasteiger partial charge >= 0.3 is 5.97 Å². The van der Waals surface area contributed by atoms with E-state index in [9.17, 15) is 9.59 Å². The van der Waals surface area contributed by atoms with Crippen LogP contribution in [0.2, 0.25) is 0 Å². The number of fused-ring (bicyclic) bond motifs is 1. The molecule has 0 atom stereocenters. The molecule has 0 radical (unpaired) electrons. The first kappa shape index (κ1) is 12.0. The first-order chi connectivity index (χ1) is 8.66. The van der Waals surface area contributed by atoms with Crippen molar-refractivity contribution in [2.24, 2.45) is 0 Å². The third kappa shape index (κ3) is 2.82. The molecule has 0 aliphatic rings. The van der Waals surface area contributed by atoms with Crippen molar-refractivity contribution < 1.29 is 14.7 Å². The van der Waals surface area contributed by atoms with Gasteiger partial charge in [-0.2, -0.15) is 0 Å². The first-order valence-corrected chi connectivity index (χ1v) is 5.52. The van der Waals surface area contributed by atoms with E-state index in [-0.39, 0.29) is 18.9 Å². The van der Waals surface area contributed by atoms with Crippen LogP contribution in [0.5, 0.6) is 0 Å². The third-order valence-corrected chi connectivity index (χ3v) is 2.46. The predicted molar refractivity (Wildman–Crippen MR) is 66.3 cm³/mol. The van der Waals surface area contributed by atoms with Crippen molar-refractivity contribution in [2.75, 3.05) is 6.54 Å².